The molecule has 0 aromatic heterocycles. The Hall–Kier alpha value is -3.31. The molecule has 0 bridgehead atoms. The van der Waals surface area contributed by atoms with Gasteiger partial charge in [-0.05, 0) is 55.7 Å². The molecule has 5 nitrogen and oxygen atoms in total. The molecule has 3 rings (SSSR count). The first kappa shape index (κ1) is 25.3. The number of aryl methyl sites for hydroxylation is 1. The lowest BCUT2D eigenvalue weighted by Gasteiger charge is -2.32. The Labute approximate surface area is 206 Å². The van der Waals surface area contributed by atoms with E-state index in [0.717, 1.165) is 16.7 Å². The second kappa shape index (κ2) is 12.2. The first-order valence-electron chi connectivity index (χ1n) is 11.4. The predicted molar refractivity (Wildman–Crippen MR) is 136 cm³/mol. The molecule has 0 saturated carbocycles. The summed E-state index contributed by atoms with van der Waals surface area (Å²) < 4.78 is 5.80. The van der Waals surface area contributed by atoms with Crippen molar-refractivity contribution in [2.75, 3.05) is 6.61 Å². The van der Waals surface area contributed by atoms with Gasteiger partial charge in [-0.25, -0.2) is 0 Å². The maximum Gasteiger partial charge on any atom is 0.261 e. The number of ether oxygens (including phenoxy) is 1. The van der Waals surface area contributed by atoms with Crippen molar-refractivity contribution in [2.45, 2.75) is 45.8 Å². The number of benzene rings is 3. The van der Waals surface area contributed by atoms with Gasteiger partial charge in [-0.2, -0.15) is 0 Å². The molecule has 0 unspecified atom stereocenters. The monoisotopic (exact) mass is 478 g/mol. The van der Waals surface area contributed by atoms with Crippen molar-refractivity contribution in [3.05, 3.63) is 101 Å². The first-order valence-corrected chi connectivity index (χ1v) is 11.8. The van der Waals surface area contributed by atoms with Crippen LogP contribution in [0.4, 0.5) is 0 Å². The third-order valence-electron chi connectivity index (χ3n) is 5.35. The van der Waals surface area contributed by atoms with E-state index in [4.69, 9.17) is 16.3 Å². The Morgan fingerprint density at radius 2 is 1.68 bits per heavy atom. The fraction of sp³-hybridized carbons (Fsp3) is 0.286. The van der Waals surface area contributed by atoms with E-state index in [1.807, 2.05) is 93.6 Å². The van der Waals surface area contributed by atoms with Crippen molar-refractivity contribution in [2.24, 2.45) is 0 Å². The summed E-state index contributed by atoms with van der Waals surface area (Å²) in [5.74, 6) is 0.105. The highest BCUT2D eigenvalue weighted by Gasteiger charge is 2.31. The van der Waals surface area contributed by atoms with Crippen LogP contribution in [0.5, 0.6) is 5.75 Å². The number of rotatable bonds is 10. The van der Waals surface area contributed by atoms with Gasteiger partial charge >= 0.3 is 0 Å². The van der Waals surface area contributed by atoms with E-state index in [2.05, 4.69) is 5.32 Å². The van der Waals surface area contributed by atoms with Crippen LogP contribution in [0, 0.1) is 6.92 Å². The fourth-order valence-electron chi connectivity index (χ4n) is 3.68. The van der Waals surface area contributed by atoms with Crippen LogP contribution in [0.25, 0.3) is 0 Å². The summed E-state index contributed by atoms with van der Waals surface area (Å²) in [7, 11) is 0. The molecule has 0 fully saturated rings. The van der Waals surface area contributed by atoms with Gasteiger partial charge in [0.15, 0.2) is 6.61 Å². The molecule has 0 saturated heterocycles. The minimum Gasteiger partial charge on any atom is -0.484 e. The van der Waals surface area contributed by atoms with Crippen molar-refractivity contribution in [3.8, 4) is 5.75 Å². The largest absolute Gasteiger partial charge is 0.484 e. The zero-order valence-electron chi connectivity index (χ0n) is 19.8. The number of carbonyl (C=O) groups excluding carboxylic acids is 2. The molecule has 0 radical (unpaired) electrons. The van der Waals surface area contributed by atoms with Crippen molar-refractivity contribution in [1.29, 1.82) is 0 Å². The van der Waals surface area contributed by atoms with Crippen LogP contribution >= 0.6 is 11.6 Å². The summed E-state index contributed by atoms with van der Waals surface area (Å²) in [6.45, 7) is 5.77. The van der Waals surface area contributed by atoms with Gasteiger partial charge in [-0.3, -0.25) is 9.59 Å². The SMILES string of the molecule is Cc1cccc(OCC(=O)N(Cc2ccccc2Cl)[C@H](Cc2ccccc2)C(=O)NC(C)C)c1. The lowest BCUT2D eigenvalue weighted by Crippen LogP contribution is -2.52. The van der Waals surface area contributed by atoms with Crippen LogP contribution in [0.2, 0.25) is 5.02 Å². The average molecular weight is 479 g/mol. The summed E-state index contributed by atoms with van der Waals surface area (Å²) >= 11 is 6.42. The summed E-state index contributed by atoms with van der Waals surface area (Å²) in [5.41, 5.74) is 2.77. The number of hydrogen-bond acceptors (Lipinski definition) is 3. The fourth-order valence-corrected chi connectivity index (χ4v) is 3.87. The smallest absolute Gasteiger partial charge is 0.261 e. The van der Waals surface area contributed by atoms with E-state index in [9.17, 15) is 9.59 Å². The second-order valence-corrected chi connectivity index (χ2v) is 8.99. The van der Waals surface area contributed by atoms with Crippen LogP contribution in [0.3, 0.4) is 0 Å². The topological polar surface area (TPSA) is 58.6 Å². The maximum atomic E-state index is 13.5. The van der Waals surface area contributed by atoms with Crippen LogP contribution in [0.15, 0.2) is 78.9 Å². The van der Waals surface area contributed by atoms with Gasteiger partial charge in [-0.15, -0.1) is 0 Å². The Morgan fingerprint density at radius 1 is 0.971 bits per heavy atom. The minimum atomic E-state index is -0.727. The van der Waals surface area contributed by atoms with Gasteiger partial charge in [0.1, 0.15) is 11.8 Å². The van der Waals surface area contributed by atoms with E-state index in [-0.39, 0.29) is 31.0 Å². The third-order valence-corrected chi connectivity index (χ3v) is 5.72. The molecule has 2 amide bonds. The van der Waals surface area contributed by atoms with E-state index in [1.54, 1.807) is 11.0 Å². The van der Waals surface area contributed by atoms with Crippen molar-refractivity contribution < 1.29 is 14.3 Å². The quantitative estimate of drug-likeness (QED) is 0.436. The van der Waals surface area contributed by atoms with Crippen LogP contribution in [-0.4, -0.2) is 35.4 Å². The zero-order valence-corrected chi connectivity index (χ0v) is 20.6. The summed E-state index contributed by atoms with van der Waals surface area (Å²) in [6, 6.07) is 23.8. The second-order valence-electron chi connectivity index (χ2n) is 8.59. The molecule has 0 heterocycles. The van der Waals surface area contributed by atoms with E-state index in [1.165, 1.54) is 0 Å². The molecule has 0 spiro atoms. The molecule has 0 aliphatic heterocycles. The highest BCUT2D eigenvalue weighted by Crippen LogP contribution is 2.21. The molecule has 3 aromatic rings. The molecule has 6 heteroatoms. The summed E-state index contributed by atoms with van der Waals surface area (Å²) in [4.78, 5) is 28.4. The number of halogens is 1. The van der Waals surface area contributed by atoms with Gasteiger partial charge in [0.25, 0.3) is 5.91 Å². The van der Waals surface area contributed by atoms with Crippen LogP contribution in [0.1, 0.15) is 30.5 Å². The van der Waals surface area contributed by atoms with Gasteiger partial charge in [0.2, 0.25) is 5.91 Å². The molecule has 178 valence electrons. The van der Waals surface area contributed by atoms with Crippen molar-refractivity contribution >= 4 is 23.4 Å². The van der Waals surface area contributed by atoms with Crippen LogP contribution < -0.4 is 10.1 Å². The molecule has 1 N–H and O–H groups in total. The molecular weight excluding hydrogens is 448 g/mol. The third kappa shape index (κ3) is 7.35. The van der Waals surface area contributed by atoms with E-state index in [0.29, 0.717) is 17.2 Å². The number of carbonyl (C=O) groups is 2. The maximum absolute atomic E-state index is 13.5. The highest BCUT2D eigenvalue weighted by molar-refractivity contribution is 6.31. The zero-order chi connectivity index (χ0) is 24.5. The Kier molecular flexibility index (Phi) is 9.11. The lowest BCUT2D eigenvalue weighted by atomic mass is 10.0. The molecule has 1 atom stereocenters. The van der Waals surface area contributed by atoms with Crippen LogP contribution in [-0.2, 0) is 22.6 Å². The molecule has 3 aromatic carbocycles. The lowest BCUT2D eigenvalue weighted by molar-refractivity contribution is -0.143. The van der Waals surface area contributed by atoms with Gasteiger partial charge in [-0.1, -0.05) is 72.3 Å². The highest BCUT2D eigenvalue weighted by atomic mass is 35.5. The number of nitrogens with one attached hydrogen (secondary N) is 1. The normalized spacial score (nSPS) is 11.7. The van der Waals surface area contributed by atoms with E-state index < -0.39 is 6.04 Å². The Morgan fingerprint density at radius 3 is 2.35 bits per heavy atom. The Balaban J connectivity index is 1.92. The number of hydrogen-bond donors (Lipinski definition) is 1. The molecule has 0 aliphatic rings. The van der Waals surface area contributed by atoms with Gasteiger partial charge < -0.3 is 15.0 Å². The van der Waals surface area contributed by atoms with Crippen molar-refractivity contribution in [3.63, 3.8) is 0 Å². The average Bonchev–Trinajstić information content (AvgIpc) is 2.81. The summed E-state index contributed by atoms with van der Waals surface area (Å²) in [5, 5.41) is 3.52. The molecule has 34 heavy (non-hydrogen) atoms. The van der Waals surface area contributed by atoms with Gasteiger partial charge in [0.05, 0.1) is 0 Å². The number of amides is 2. The minimum absolute atomic E-state index is 0.0633. The first-order chi connectivity index (χ1) is 16.3. The van der Waals surface area contributed by atoms with Gasteiger partial charge in [0, 0.05) is 24.0 Å². The molecular formula is C28H31ClN2O3. The Bertz CT molecular complexity index is 1100. The summed E-state index contributed by atoms with van der Waals surface area (Å²) in [6.07, 6.45) is 0.375. The predicted octanol–water partition coefficient (Wildman–Crippen LogP) is 5.19. The van der Waals surface area contributed by atoms with E-state index >= 15 is 0 Å². The van der Waals surface area contributed by atoms with Crippen molar-refractivity contribution in [1.82, 2.24) is 10.2 Å². The number of nitrogens with zero attached hydrogens (tertiary/aromatic N) is 1. The standard InChI is InChI=1S/C28H31ClN2O3/c1-20(2)30-28(33)26(17-22-11-5-4-6-12-22)31(18-23-13-7-8-15-25(23)29)27(32)19-34-24-14-9-10-21(3)16-24/h4-16,20,26H,17-19H2,1-3H3,(H,30,33)/t26-/m1/s1. The molecule has 0 aliphatic carbocycles.